The van der Waals surface area contributed by atoms with Gasteiger partial charge in [-0.3, -0.25) is 29.9 Å². The number of pyridine rings is 5. The van der Waals surface area contributed by atoms with E-state index in [0.717, 1.165) is 83.5 Å². The van der Waals surface area contributed by atoms with Crippen molar-refractivity contribution in [1.82, 2.24) is 39.9 Å². The van der Waals surface area contributed by atoms with Crippen LogP contribution in [-0.4, -0.2) is 46.6 Å². The molecule has 0 radical (unpaired) electrons. The van der Waals surface area contributed by atoms with Crippen molar-refractivity contribution in [2.75, 3.05) is 0 Å². The molecule has 0 fully saturated rings. The SMILES string of the molecule is C=N/C=C(\C=C(/C)c1ccc(-c2nc(-c3ccc(-c4cncc(-c5ccncc5)c4)cc3)nc(-c3ccc(-c4cncc(-c5ccncc5)c4)cc3)n2)cc1)c1ccncc1. The summed E-state index contributed by atoms with van der Waals surface area (Å²) in [6.45, 7) is 5.75. The quantitative estimate of drug-likeness (QED) is 0.0940. The van der Waals surface area contributed by atoms with Crippen LogP contribution in [0.1, 0.15) is 18.1 Å². The van der Waals surface area contributed by atoms with Crippen LogP contribution in [0.3, 0.4) is 0 Å². The Morgan fingerprint density at radius 1 is 0.393 bits per heavy atom. The van der Waals surface area contributed by atoms with E-state index < -0.39 is 0 Å². The van der Waals surface area contributed by atoms with E-state index in [-0.39, 0.29) is 0 Å². The lowest BCUT2D eigenvalue weighted by Gasteiger charge is -2.11. The standard InChI is InChI=1S/C52H37N9/c1-35(27-45(30-53-2)39-15-21-54-22-16-39)36-3-9-42(10-4-36)50-59-51(43-11-5-37(6-12-43)46-28-48(33-57-31-46)40-17-23-55-24-18-40)61-52(60-50)44-13-7-38(8-14-44)47-29-49(34-58-32-47)41-19-25-56-26-20-41/h3-34H,2H2,1H3/b35-27+,45-30+. The van der Waals surface area contributed by atoms with Crippen LogP contribution in [0, 0.1) is 0 Å². The van der Waals surface area contributed by atoms with Crippen molar-refractivity contribution in [2.45, 2.75) is 6.92 Å². The summed E-state index contributed by atoms with van der Waals surface area (Å²) in [5.74, 6) is 1.70. The van der Waals surface area contributed by atoms with E-state index in [1.165, 1.54) is 0 Å². The summed E-state index contributed by atoms with van der Waals surface area (Å²) in [5.41, 5.74) is 14.9. The first-order valence-electron chi connectivity index (χ1n) is 19.6. The fourth-order valence-corrected chi connectivity index (χ4v) is 7.02. The van der Waals surface area contributed by atoms with E-state index >= 15 is 0 Å². The molecule has 0 N–H and O–H groups in total. The highest BCUT2D eigenvalue weighted by atomic mass is 15.0. The molecule has 0 saturated carbocycles. The number of rotatable bonds is 11. The molecule has 0 aliphatic heterocycles. The monoisotopic (exact) mass is 787 g/mol. The number of hydrogen-bond donors (Lipinski definition) is 0. The summed E-state index contributed by atoms with van der Waals surface area (Å²) >= 11 is 0. The number of allylic oxidation sites excluding steroid dienone is 3. The van der Waals surface area contributed by atoms with Gasteiger partial charge >= 0.3 is 0 Å². The molecule has 0 unspecified atom stereocenters. The summed E-state index contributed by atoms with van der Waals surface area (Å²) in [6, 6.07) is 40.9. The molecule has 290 valence electrons. The molecule has 0 atom stereocenters. The highest BCUT2D eigenvalue weighted by Gasteiger charge is 2.14. The molecule has 3 aromatic carbocycles. The van der Waals surface area contributed by atoms with Crippen LogP contribution in [0.25, 0.3) is 89.8 Å². The van der Waals surface area contributed by atoms with E-state index in [4.69, 9.17) is 15.0 Å². The van der Waals surface area contributed by atoms with Crippen LogP contribution >= 0.6 is 0 Å². The van der Waals surface area contributed by atoms with Crippen molar-refractivity contribution in [2.24, 2.45) is 4.99 Å². The minimum Gasteiger partial charge on any atom is -0.272 e. The summed E-state index contributed by atoms with van der Waals surface area (Å²) in [7, 11) is 0. The molecule has 0 spiro atoms. The van der Waals surface area contributed by atoms with Crippen molar-refractivity contribution in [3.8, 4) is 78.7 Å². The molecule has 9 nitrogen and oxygen atoms in total. The largest absolute Gasteiger partial charge is 0.272 e. The lowest BCUT2D eigenvalue weighted by Crippen LogP contribution is -2.00. The Morgan fingerprint density at radius 2 is 0.738 bits per heavy atom. The van der Waals surface area contributed by atoms with Gasteiger partial charge in [0.05, 0.1) is 0 Å². The van der Waals surface area contributed by atoms with Gasteiger partial charge in [0.15, 0.2) is 17.5 Å². The Labute approximate surface area is 353 Å². The first-order valence-corrected chi connectivity index (χ1v) is 19.6. The third-order valence-electron chi connectivity index (χ3n) is 10.3. The van der Waals surface area contributed by atoms with Gasteiger partial charge < -0.3 is 0 Å². The number of nitrogens with zero attached hydrogens (tertiary/aromatic N) is 9. The Bertz CT molecular complexity index is 2860. The van der Waals surface area contributed by atoms with E-state index in [1.54, 1.807) is 43.4 Å². The Balaban J connectivity index is 1.06. The van der Waals surface area contributed by atoms with E-state index in [0.29, 0.717) is 17.5 Å². The predicted octanol–water partition coefficient (Wildman–Crippen LogP) is 11.7. The molecule has 0 bridgehead atoms. The van der Waals surface area contributed by atoms with Gasteiger partial charge in [-0.2, -0.15) is 0 Å². The van der Waals surface area contributed by atoms with Crippen molar-refractivity contribution in [3.63, 3.8) is 0 Å². The number of hydrogen-bond acceptors (Lipinski definition) is 9. The zero-order valence-electron chi connectivity index (χ0n) is 33.2. The van der Waals surface area contributed by atoms with Crippen molar-refractivity contribution >= 4 is 17.9 Å². The molecule has 6 heterocycles. The molecule has 61 heavy (non-hydrogen) atoms. The van der Waals surface area contributed by atoms with Gasteiger partial charge in [0.25, 0.3) is 0 Å². The Kier molecular flexibility index (Phi) is 11.0. The van der Waals surface area contributed by atoms with Gasteiger partial charge in [0.2, 0.25) is 0 Å². The molecular formula is C52H37N9. The summed E-state index contributed by atoms with van der Waals surface area (Å²) in [5, 5.41) is 0. The highest BCUT2D eigenvalue weighted by Crippen LogP contribution is 2.32. The zero-order chi connectivity index (χ0) is 41.4. The average molecular weight is 788 g/mol. The van der Waals surface area contributed by atoms with Crippen LogP contribution < -0.4 is 0 Å². The molecule has 6 aromatic heterocycles. The maximum Gasteiger partial charge on any atom is 0.164 e. The van der Waals surface area contributed by atoms with Gasteiger partial charge in [0, 0.05) is 113 Å². The van der Waals surface area contributed by atoms with Crippen molar-refractivity contribution < 1.29 is 0 Å². The molecule has 0 saturated heterocycles. The predicted molar refractivity (Wildman–Crippen MR) is 244 cm³/mol. The van der Waals surface area contributed by atoms with Gasteiger partial charge in [-0.25, -0.2) is 15.0 Å². The summed E-state index contributed by atoms with van der Waals surface area (Å²) in [4.78, 5) is 40.7. The minimum atomic E-state index is 0.567. The molecule has 9 rings (SSSR count). The fraction of sp³-hybridized carbons (Fsp3) is 0.0192. The van der Waals surface area contributed by atoms with Crippen LogP contribution in [0.5, 0.6) is 0 Å². The lowest BCUT2D eigenvalue weighted by molar-refractivity contribution is 1.07. The maximum atomic E-state index is 5.04. The number of benzene rings is 3. The van der Waals surface area contributed by atoms with Crippen LogP contribution in [0.15, 0.2) is 201 Å². The third kappa shape index (κ3) is 8.72. The number of aromatic nitrogens is 8. The zero-order valence-corrected chi connectivity index (χ0v) is 33.2. The Morgan fingerprint density at radius 3 is 1.13 bits per heavy atom. The van der Waals surface area contributed by atoms with Crippen molar-refractivity contribution in [3.05, 3.63) is 207 Å². The summed E-state index contributed by atoms with van der Waals surface area (Å²) in [6.07, 6.45) is 22.0. The van der Waals surface area contributed by atoms with Crippen LogP contribution in [0.4, 0.5) is 0 Å². The van der Waals surface area contributed by atoms with E-state index in [2.05, 4.69) is 110 Å². The molecule has 9 heteroatoms. The van der Waals surface area contributed by atoms with Crippen LogP contribution in [0.2, 0.25) is 0 Å². The van der Waals surface area contributed by atoms with Gasteiger partial charge in [0.1, 0.15) is 0 Å². The second-order valence-corrected chi connectivity index (χ2v) is 14.3. The minimum absolute atomic E-state index is 0.567. The van der Waals surface area contributed by atoms with Gasteiger partial charge in [-0.05, 0) is 107 Å². The normalized spacial score (nSPS) is 11.6. The molecule has 9 aromatic rings. The Hall–Kier alpha value is -8.43. The average Bonchev–Trinajstić information content (AvgIpc) is 3.35. The molecular weight excluding hydrogens is 751 g/mol. The second kappa shape index (κ2) is 17.6. The van der Waals surface area contributed by atoms with Crippen molar-refractivity contribution in [1.29, 1.82) is 0 Å². The molecule has 0 aliphatic rings. The highest BCUT2D eigenvalue weighted by molar-refractivity contribution is 5.84. The van der Waals surface area contributed by atoms with Crippen LogP contribution in [-0.2, 0) is 0 Å². The first kappa shape index (κ1) is 38.1. The molecule has 0 amide bonds. The van der Waals surface area contributed by atoms with Gasteiger partial charge in [-0.15, -0.1) is 0 Å². The second-order valence-electron chi connectivity index (χ2n) is 14.3. The summed E-state index contributed by atoms with van der Waals surface area (Å²) < 4.78 is 0. The smallest absolute Gasteiger partial charge is 0.164 e. The topological polar surface area (TPSA) is 115 Å². The third-order valence-corrected chi connectivity index (χ3v) is 10.3. The molecule has 0 aliphatic carbocycles. The number of aliphatic imine (C=N–C) groups is 1. The first-order chi connectivity index (χ1) is 30.1. The van der Waals surface area contributed by atoms with Gasteiger partial charge in [-0.1, -0.05) is 72.8 Å². The van der Waals surface area contributed by atoms with E-state index in [9.17, 15) is 0 Å². The van der Waals surface area contributed by atoms with E-state index in [1.807, 2.05) is 85.5 Å². The fourth-order valence-electron chi connectivity index (χ4n) is 7.02. The lowest BCUT2D eigenvalue weighted by atomic mass is 10.00. The maximum absolute atomic E-state index is 5.04.